The standard InChI is InChI=1S/C20H17N3O/c1-14(17-9-8-16-4-2-3-5-18(16)12-17)22-20(24)23-19-10-6-15(13-21)7-11-19/h2-12,14H,1H3,(H2,22,23,24)/t14-/m0/s1. The molecule has 2 amide bonds. The van der Waals surface area contributed by atoms with Gasteiger partial charge in [-0.3, -0.25) is 0 Å². The molecule has 0 unspecified atom stereocenters. The molecule has 2 N–H and O–H groups in total. The maximum absolute atomic E-state index is 12.1. The van der Waals surface area contributed by atoms with Crippen molar-refractivity contribution < 1.29 is 4.79 Å². The monoisotopic (exact) mass is 315 g/mol. The SMILES string of the molecule is C[C@H](NC(=O)Nc1ccc(C#N)cc1)c1ccc2ccccc2c1. The third-order valence-electron chi connectivity index (χ3n) is 3.89. The lowest BCUT2D eigenvalue weighted by Gasteiger charge is -2.16. The molecule has 0 heterocycles. The minimum atomic E-state index is -0.277. The molecule has 3 aromatic carbocycles. The summed E-state index contributed by atoms with van der Waals surface area (Å²) in [5.41, 5.74) is 2.26. The van der Waals surface area contributed by atoms with Crippen molar-refractivity contribution >= 4 is 22.5 Å². The number of fused-ring (bicyclic) bond motifs is 1. The normalized spacial score (nSPS) is 11.5. The number of carbonyl (C=O) groups excluding carboxylic acids is 1. The molecule has 0 bridgehead atoms. The van der Waals surface area contributed by atoms with Crippen LogP contribution in [0.3, 0.4) is 0 Å². The van der Waals surface area contributed by atoms with Crippen LogP contribution in [-0.2, 0) is 0 Å². The summed E-state index contributed by atoms with van der Waals surface area (Å²) in [5.74, 6) is 0. The largest absolute Gasteiger partial charge is 0.331 e. The van der Waals surface area contributed by atoms with Gasteiger partial charge in [0.1, 0.15) is 0 Å². The average Bonchev–Trinajstić information content (AvgIpc) is 2.61. The van der Waals surface area contributed by atoms with Gasteiger partial charge in [0, 0.05) is 5.69 Å². The molecule has 0 aliphatic rings. The van der Waals surface area contributed by atoms with E-state index in [1.807, 2.05) is 31.2 Å². The minimum absolute atomic E-state index is 0.118. The van der Waals surface area contributed by atoms with Crippen LogP contribution in [0.1, 0.15) is 24.1 Å². The smallest absolute Gasteiger partial charge is 0.319 e. The maximum Gasteiger partial charge on any atom is 0.319 e. The van der Waals surface area contributed by atoms with Gasteiger partial charge in [0.25, 0.3) is 0 Å². The van der Waals surface area contributed by atoms with E-state index in [0.29, 0.717) is 11.3 Å². The van der Waals surface area contributed by atoms with Gasteiger partial charge in [0.15, 0.2) is 0 Å². The number of nitriles is 1. The van der Waals surface area contributed by atoms with Crippen molar-refractivity contribution in [1.82, 2.24) is 5.32 Å². The number of anilines is 1. The average molecular weight is 315 g/mol. The number of benzene rings is 3. The van der Waals surface area contributed by atoms with Crippen LogP contribution >= 0.6 is 0 Å². The first-order valence-corrected chi connectivity index (χ1v) is 7.72. The second-order valence-electron chi connectivity index (χ2n) is 5.62. The summed E-state index contributed by atoms with van der Waals surface area (Å²) in [6.07, 6.45) is 0. The van der Waals surface area contributed by atoms with Crippen LogP contribution in [-0.4, -0.2) is 6.03 Å². The molecule has 0 aromatic heterocycles. The zero-order valence-corrected chi connectivity index (χ0v) is 13.3. The number of urea groups is 1. The number of rotatable bonds is 3. The van der Waals surface area contributed by atoms with Gasteiger partial charge in [0.05, 0.1) is 17.7 Å². The van der Waals surface area contributed by atoms with Crippen molar-refractivity contribution in [2.24, 2.45) is 0 Å². The fourth-order valence-electron chi connectivity index (χ4n) is 2.55. The summed E-state index contributed by atoms with van der Waals surface area (Å²) < 4.78 is 0. The van der Waals surface area contributed by atoms with Crippen LogP contribution < -0.4 is 10.6 Å². The van der Waals surface area contributed by atoms with Gasteiger partial charge in [-0.05, 0) is 53.6 Å². The molecule has 0 saturated heterocycles. The Kier molecular flexibility index (Phi) is 4.44. The van der Waals surface area contributed by atoms with Gasteiger partial charge in [-0.1, -0.05) is 36.4 Å². The zero-order chi connectivity index (χ0) is 16.9. The molecular formula is C20H17N3O. The van der Waals surface area contributed by atoms with Crippen LogP contribution in [0.25, 0.3) is 10.8 Å². The van der Waals surface area contributed by atoms with Crippen molar-refractivity contribution in [2.75, 3.05) is 5.32 Å². The van der Waals surface area contributed by atoms with Gasteiger partial charge in [-0.25, -0.2) is 4.79 Å². The van der Waals surface area contributed by atoms with Crippen LogP contribution in [0.5, 0.6) is 0 Å². The van der Waals surface area contributed by atoms with Gasteiger partial charge >= 0.3 is 6.03 Å². The lowest BCUT2D eigenvalue weighted by molar-refractivity contribution is 0.249. The van der Waals surface area contributed by atoms with E-state index < -0.39 is 0 Å². The van der Waals surface area contributed by atoms with E-state index in [2.05, 4.69) is 34.9 Å². The molecular weight excluding hydrogens is 298 g/mol. The molecule has 0 fully saturated rings. The number of hydrogen-bond acceptors (Lipinski definition) is 2. The Bertz CT molecular complexity index is 910. The second-order valence-corrected chi connectivity index (χ2v) is 5.62. The van der Waals surface area contributed by atoms with Crippen molar-refractivity contribution in [1.29, 1.82) is 5.26 Å². The summed E-state index contributed by atoms with van der Waals surface area (Å²) >= 11 is 0. The van der Waals surface area contributed by atoms with Gasteiger partial charge < -0.3 is 10.6 Å². The molecule has 0 spiro atoms. The molecule has 24 heavy (non-hydrogen) atoms. The lowest BCUT2D eigenvalue weighted by atomic mass is 10.0. The number of amides is 2. The van der Waals surface area contributed by atoms with Gasteiger partial charge in [-0.15, -0.1) is 0 Å². The third kappa shape index (κ3) is 3.53. The Balaban J connectivity index is 1.67. The lowest BCUT2D eigenvalue weighted by Crippen LogP contribution is -2.31. The number of hydrogen-bond donors (Lipinski definition) is 2. The van der Waals surface area contributed by atoms with Crippen molar-refractivity contribution in [3.63, 3.8) is 0 Å². The second kappa shape index (κ2) is 6.84. The molecule has 4 nitrogen and oxygen atoms in total. The van der Waals surface area contributed by atoms with E-state index >= 15 is 0 Å². The van der Waals surface area contributed by atoms with E-state index in [9.17, 15) is 4.79 Å². The Morgan fingerprint density at radius 2 is 1.71 bits per heavy atom. The summed E-state index contributed by atoms with van der Waals surface area (Å²) in [6, 6.07) is 22.7. The predicted molar refractivity (Wildman–Crippen MR) is 95.7 cm³/mol. The first-order chi connectivity index (χ1) is 11.7. The van der Waals surface area contributed by atoms with Gasteiger partial charge in [-0.2, -0.15) is 5.26 Å². The molecule has 0 radical (unpaired) electrons. The van der Waals surface area contributed by atoms with Crippen molar-refractivity contribution in [2.45, 2.75) is 13.0 Å². The van der Waals surface area contributed by atoms with E-state index in [4.69, 9.17) is 5.26 Å². The summed E-state index contributed by atoms with van der Waals surface area (Å²) in [7, 11) is 0. The Hall–Kier alpha value is -3.32. The molecule has 0 aliphatic heterocycles. The topological polar surface area (TPSA) is 64.9 Å². The van der Waals surface area contributed by atoms with Crippen LogP contribution in [0.15, 0.2) is 66.7 Å². The molecule has 3 aromatic rings. The van der Waals surface area contributed by atoms with Crippen LogP contribution in [0, 0.1) is 11.3 Å². The summed E-state index contributed by atoms with van der Waals surface area (Å²) in [5, 5.41) is 16.8. The highest BCUT2D eigenvalue weighted by atomic mass is 16.2. The molecule has 118 valence electrons. The number of nitrogens with zero attached hydrogens (tertiary/aromatic N) is 1. The fourth-order valence-corrected chi connectivity index (χ4v) is 2.55. The van der Waals surface area contributed by atoms with Crippen molar-refractivity contribution in [3.8, 4) is 6.07 Å². The number of nitrogens with one attached hydrogen (secondary N) is 2. The van der Waals surface area contributed by atoms with Crippen LogP contribution in [0.4, 0.5) is 10.5 Å². The Labute approximate surface area is 140 Å². The Morgan fingerprint density at radius 3 is 2.42 bits per heavy atom. The predicted octanol–water partition coefficient (Wildman–Crippen LogP) is 4.59. The quantitative estimate of drug-likeness (QED) is 0.742. The van der Waals surface area contributed by atoms with E-state index in [1.165, 1.54) is 5.39 Å². The highest BCUT2D eigenvalue weighted by Crippen LogP contribution is 2.20. The molecule has 0 saturated carbocycles. The van der Waals surface area contributed by atoms with Gasteiger partial charge in [0.2, 0.25) is 0 Å². The highest BCUT2D eigenvalue weighted by Gasteiger charge is 2.10. The Morgan fingerprint density at radius 1 is 1.00 bits per heavy atom. The molecule has 3 rings (SSSR count). The first-order valence-electron chi connectivity index (χ1n) is 7.72. The first kappa shape index (κ1) is 15.6. The van der Waals surface area contributed by atoms with Crippen molar-refractivity contribution in [3.05, 3.63) is 77.9 Å². The molecule has 4 heteroatoms. The summed E-state index contributed by atoms with van der Waals surface area (Å²) in [4.78, 5) is 12.1. The third-order valence-corrected chi connectivity index (χ3v) is 3.89. The van der Waals surface area contributed by atoms with E-state index in [1.54, 1.807) is 24.3 Å². The van der Waals surface area contributed by atoms with E-state index in [0.717, 1.165) is 10.9 Å². The zero-order valence-electron chi connectivity index (χ0n) is 13.3. The minimum Gasteiger partial charge on any atom is -0.331 e. The molecule has 0 aliphatic carbocycles. The molecule has 1 atom stereocenters. The maximum atomic E-state index is 12.1. The highest BCUT2D eigenvalue weighted by molar-refractivity contribution is 5.89. The number of carbonyl (C=O) groups is 1. The summed E-state index contributed by atoms with van der Waals surface area (Å²) in [6.45, 7) is 1.95. The fraction of sp³-hybridized carbons (Fsp3) is 0.100. The van der Waals surface area contributed by atoms with E-state index in [-0.39, 0.29) is 12.1 Å². The van der Waals surface area contributed by atoms with Crippen LogP contribution in [0.2, 0.25) is 0 Å².